The van der Waals surface area contributed by atoms with E-state index in [1.807, 2.05) is 104 Å². The topological polar surface area (TPSA) is 58.2 Å². The first-order chi connectivity index (χ1) is 17.4. The van der Waals surface area contributed by atoms with Gasteiger partial charge in [-0.25, -0.2) is 0 Å². The van der Waals surface area contributed by atoms with Crippen molar-refractivity contribution in [2.24, 2.45) is 0 Å². The lowest BCUT2D eigenvalue weighted by Crippen LogP contribution is -2.19. The summed E-state index contributed by atoms with van der Waals surface area (Å²) in [5, 5.41) is 5.58. The van der Waals surface area contributed by atoms with Gasteiger partial charge in [-0.3, -0.25) is 9.59 Å². The second-order valence-corrected chi connectivity index (χ2v) is 10.2. The Kier molecular flexibility index (Phi) is 8.24. The Morgan fingerprint density at radius 3 is 2.11 bits per heavy atom. The van der Waals surface area contributed by atoms with Crippen LogP contribution in [-0.2, 0) is 4.79 Å². The maximum absolute atomic E-state index is 13.4. The smallest absolute Gasteiger partial charge is 0.255 e. The molecule has 182 valence electrons. The lowest BCUT2D eigenvalue weighted by Gasteiger charge is -2.18. The van der Waals surface area contributed by atoms with Crippen molar-refractivity contribution in [1.29, 1.82) is 0 Å². The van der Waals surface area contributed by atoms with Crippen LogP contribution in [0.1, 0.15) is 52.1 Å². The van der Waals surface area contributed by atoms with Gasteiger partial charge in [-0.1, -0.05) is 80.1 Å². The second kappa shape index (κ2) is 11.7. The monoisotopic (exact) mass is 494 g/mol. The Morgan fingerprint density at radius 1 is 0.694 bits per heavy atom. The SMILES string of the molecule is Cc1cccc(C(=O)Nc2cccc(SC(C(=O)Nc3ccc(C(C)C)cc3)c3ccccc3)c2)c1. The molecule has 4 rings (SSSR count). The molecule has 2 N–H and O–H groups in total. The predicted molar refractivity (Wildman–Crippen MR) is 150 cm³/mol. The second-order valence-electron chi connectivity index (χ2n) is 9.03. The van der Waals surface area contributed by atoms with Gasteiger partial charge >= 0.3 is 0 Å². The molecule has 2 amide bonds. The van der Waals surface area contributed by atoms with Crippen molar-refractivity contribution in [2.75, 3.05) is 10.6 Å². The number of benzene rings is 4. The third-order valence-corrected chi connectivity index (χ3v) is 7.06. The molecule has 0 saturated carbocycles. The number of hydrogen-bond donors (Lipinski definition) is 2. The molecule has 36 heavy (non-hydrogen) atoms. The summed E-state index contributed by atoms with van der Waals surface area (Å²) >= 11 is 1.45. The van der Waals surface area contributed by atoms with E-state index in [0.29, 0.717) is 17.2 Å². The van der Waals surface area contributed by atoms with Crippen LogP contribution < -0.4 is 10.6 Å². The first kappa shape index (κ1) is 25.3. The fourth-order valence-corrected chi connectivity index (χ4v) is 4.92. The van der Waals surface area contributed by atoms with Crippen molar-refractivity contribution >= 4 is 35.0 Å². The van der Waals surface area contributed by atoms with Gasteiger partial charge in [0, 0.05) is 21.8 Å². The van der Waals surface area contributed by atoms with E-state index in [1.165, 1.54) is 17.3 Å². The fraction of sp³-hybridized carbons (Fsp3) is 0.161. The molecule has 0 aliphatic heterocycles. The summed E-state index contributed by atoms with van der Waals surface area (Å²) in [6, 6.07) is 32.8. The highest BCUT2D eigenvalue weighted by Gasteiger charge is 2.22. The number of carbonyl (C=O) groups excluding carboxylic acids is 2. The highest BCUT2D eigenvalue weighted by atomic mass is 32.2. The van der Waals surface area contributed by atoms with Crippen LogP contribution in [-0.4, -0.2) is 11.8 Å². The number of aryl methyl sites for hydroxylation is 1. The Hall–Kier alpha value is -3.83. The fourth-order valence-electron chi connectivity index (χ4n) is 3.83. The van der Waals surface area contributed by atoms with Crippen LogP contribution in [0.5, 0.6) is 0 Å². The Morgan fingerprint density at radius 2 is 1.42 bits per heavy atom. The van der Waals surface area contributed by atoms with Crippen LogP contribution in [0.3, 0.4) is 0 Å². The number of amides is 2. The van der Waals surface area contributed by atoms with Crippen molar-refractivity contribution in [3.8, 4) is 0 Å². The van der Waals surface area contributed by atoms with E-state index in [0.717, 1.165) is 21.7 Å². The number of hydrogen-bond acceptors (Lipinski definition) is 3. The number of carbonyl (C=O) groups is 2. The van der Waals surface area contributed by atoms with E-state index >= 15 is 0 Å². The zero-order valence-electron chi connectivity index (χ0n) is 20.7. The van der Waals surface area contributed by atoms with E-state index in [9.17, 15) is 9.59 Å². The normalized spacial score (nSPS) is 11.7. The van der Waals surface area contributed by atoms with Crippen LogP contribution in [0.2, 0.25) is 0 Å². The van der Waals surface area contributed by atoms with E-state index in [1.54, 1.807) is 6.07 Å². The maximum atomic E-state index is 13.4. The summed E-state index contributed by atoms with van der Waals surface area (Å²) in [6.45, 7) is 6.25. The molecule has 4 aromatic rings. The molecule has 0 aromatic heterocycles. The van der Waals surface area contributed by atoms with Gasteiger partial charge in [0.15, 0.2) is 0 Å². The minimum Gasteiger partial charge on any atom is -0.325 e. The van der Waals surface area contributed by atoms with Gasteiger partial charge in [-0.15, -0.1) is 11.8 Å². The molecule has 1 unspecified atom stereocenters. The largest absolute Gasteiger partial charge is 0.325 e. The molecule has 0 radical (unpaired) electrons. The van der Waals surface area contributed by atoms with Crippen LogP contribution in [0.15, 0.2) is 108 Å². The van der Waals surface area contributed by atoms with Gasteiger partial charge < -0.3 is 10.6 Å². The molecule has 0 saturated heterocycles. The molecule has 1 atom stereocenters. The third-order valence-electron chi connectivity index (χ3n) is 5.81. The Labute approximate surface area is 217 Å². The third kappa shape index (κ3) is 6.64. The van der Waals surface area contributed by atoms with Crippen molar-refractivity contribution in [1.82, 2.24) is 0 Å². The molecule has 0 heterocycles. The molecule has 4 nitrogen and oxygen atoms in total. The van der Waals surface area contributed by atoms with Crippen molar-refractivity contribution < 1.29 is 9.59 Å². The van der Waals surface area contributed by atoms with Gasteiger partial charge in [-0.2, -0.15) is 0 Å². The minimum atomic E-state index is -0.460. The van der Waals surface area contributed by atoms with Gasteiger partial charge in [0.25, 0.3) is 5.91 Å². The highest BCUT2D eigenvalue weighted by Crippen LogP contribution is 2.37. The molecular formula is C31H30N2O2S. The Bertz CT molecular complexity index is 1330. The first-order valence-electron chi connectivity index (χ1n) is 12.0. The van der Waals surface area contributed by atoms with Crippen molar-refractivity contribution in [3.05, 3.63) is 125 Å². The van der Waals surface area contributed by atoms with E-state index in [2.05, 4.69) is 24.5 Å². The van der Waals surface area contributed by atoms with Crippen LogP contribution in [0, 0.1) is 6.92 Å². The predicted octanol–water partition coefficient (Wildman–Crippen LogP) is 7.84. The number of nitrogens with one attached hydrogen (secondary N) is 2. The zero-order valence-corrected chi connectivity index (χ0v) is 21.5. The molecule has 0 spiro atoms. The van der Waals surface area contributed by atoms with Gasteiger partial charge in [0.1, 0.15) is 5.25 Å². The van der Waals surface area contributed by atoms with Crippen molar-refractivity contribution in [3.63, 3.8) is 0 Å². The maximum Gasteiger partial charge on any atom is 0.255 e. The molecule has 0 bridgehead atoms. The van der Waals surface area contributed by atoms with E-state index in [4.69, 9.17) is 0 Å². The van der Waals surface area contributed by atoms with E-state index < -0.39 is 5.25 Å². The Balaban J connectivity index is 1.52. The van der Waals surface area contributed by atoms with Gasteiger partial charge in [0.05, 0.1) is 0 Å². The standard InChI is InChI=1S/C31H30N2O2S/c1-21(2)23-15-17-26(18-16-23)32-31(35)29(24-10-5-4-6-11-24)36-28-14-8-13-27(20-28)33-30(34)25-12-7-9-22(3)19-25/h4-21,29H,1-3H3,(H,32,35)(H,33,34). The summed E-state index contributed by atoms with van der Waals surface area (Å²) in [7, 11) is 0. The lowest BCUT2D eigenvalue weighted by atomic mass is 10.0. The zero-order chi connectivity index (χ0) is 25.5. The first-order valence-corrected chi connectivity index (χ1v) is 12.9. The van der Waals surface area contributed by atoms with Crippen LogP contribution in [0.25, 0.3) is 0 Å². The van der Waals surface area contributed by atoms with Crippen molar-refractivity contribution in [2.45, 2.75) is 36.8 Å². The quantitative estimate of drug-likeness (QED) is 0.245. The molecule has 0 aliphatic carbocycles. The molecule has 5 heteroatoms. The highest BCUT2D eigenvalue weighted by molar-refractivity contribution is 8.00. The van der Waals surface area contributed by atoms with Gasteiger partial charge in [-0.05, 0) is 66.4 Å². The summed E-state index contributed by atoms with van der Waals surface area (Å²) in [4.78, 5) is 27.0. The lowest BCUT2D eigenvalue weighted by molar-refractivity contribution is -0.115. The average molecular weight is 495 g/mol. The van der Waals surface area contributed by atoms with Gasteiger partial charge in [0.2, 0.25) is 5.91 Å². The molecular weight excluding hydrogens is 464 g/mol. The summed E-state index contributed by atoms with van der Waals surface area (Å²) < 4.78 is 0. The molecule has 0 fully saturated rings. The van der Waals surface area contributed by atoms with E-state index in [-0.39, 0.29) is 11.8 Å². The molecule has 4 aromatic carbocycles. The minimum absolute atomic E-state index is 0.0994. The number of rotatable bonds is 8. The average Bonchev–Trinajstić information content (AvgIpc) is 2.88. The summed E-state index contributed by atoms with van der Waals surface area (Å²) in [6.07, 6.45) is 0. The van der Waals surface area contributed by atoms with Crippen LogP contribution in [0.4, 0.5) is 11.4 Å². The number of anilines is 2. The molecule has 0 aliphatic rings. The number of thioether (sulfide) groups is 1. The van der Waals surface area contributed by atoms with Crippen LogP contribution >= 0.6 is 11.8 Å². The summed E-state index contributed by atoms with van der Waals surface area (Å²) in [5.74, 6) is 0.168. The summed E-state index contributed by atoms with van der Waals surface area (Å²) in [5.41, 5.74) is 5.23.